The lowest BCUT2D eigenvalue weighted by atomic mass is 9.96. The maximum atomic E-state index is 12.4. The normalized spacial score (nSPS) is 15.3. The Kier molecular flexibility index (Phi) is 7.78. The van der Waals surface area contributed by atoms with Gasteiger partial charge in [-0.2, -0.15) is 0 Å². The molecule has 4 N–H and O–H groups in total. The van der Waals surface area contributed by atoms with Crippen LogP contribution in [0, 0.1) is 13.8 Å². The number of nitrogens with two attached hydrogens (primary N) is 1. The van der Waals surface area contributed by atoms with Crippen molar-refractivity contribution >= 4 is 23.7 Å². The third kappa shape index (κ3) is 6.36. The molecule has 168 valence electrons. The molecule has 1 aliphatic rings. The number of nitrogens with one attached hydrogen (secondary N) is 2. The van der Waals surface area contributed by atoms with Crippen LogP contribution in [-0.2, 0) is 11.4 Å². The molecule has 0 radical (unpaired) electrons. The zero-order chi connectivity index (χ0) is 22.4. The first-order chi connectivity index (χ1) is 14.8. The average molecular weight is 447 g/mol. The molecule has 2 aromatic rings. The number of carbonyl (C=O) groups excluding carboxylic acids is 2. The summed E-state index contributed by atoms with van der Waals surface area (Å²) in [7, 11) is 0. The predicted molar refractivity (Wildman–Crippen MR) is 119 cm³/mol. The molecule has 1 unspecified atom stereocenters. The van der Waals surface area contributed by atoms with E-state index in [0.717, 1.165) is 54.3 Å². The van der Waals surface area contributed by atoms with E-state index >= 15 is 0 Å². The van der Waals surface area contributed by atoms with Gasteiger partial charge in [-0.3, -0.25) is 10.1 Å². The number of thioether (sulfide) groups is 1. The van der Waals surface area contributed by atoms with E-state index in [1.54, 1.807) is 6.92 Å². The van der Waals surface area contributed by atoms with Crippen LogP contribution in [0.25, 0.3) is 0 Å². The van der Waals surface area contributed by atoms with E-state index in [1.165, 1.54) is 11.1 Å². The molecular formula is C21H30N6O3S. The average Bonchev–Trinajstić information content (AvgIpc) is 3.07. The number of aromatic nitrogens is 3. The molecule has 3 amide bonds. The van der Waals surface area contributed by atoms with Gasteiger partial charge in [0.2, 0.25) is 11.1 Å². The minimum Gasteiger partial charge on any atom is -0.485 e. The van der Waals surface area contributed by atoms with Crippen LogP contribution in [0.5, 0.6) is 5.75 Å². The van der Waals surface area contributed by atoms with E-state index < -0.39 is 17.2 Å². The molecule has 0 saturated heterocycles. The van der Waals surface area contributed by atoms with Crippen molar-refractivity contribution < 1.29 is 14.3 Å². The number of hydrogen-bond acceptors (Lipinski definition) is 7. The standard InChI is InChI=1S/C21H30N6O3S/c1-13-9-10-17(14(2)11-13)30-12-18-25-26-21(27(18)22)31-15(3)19(28)24-20(29)23-16-7-5-4-6-8-16/h9-11,15-16H,4-8,12,22H2,1-3H3,(H2,23,24,28,29). The first-order valence-corrected chi connectivity index (χ1v) is 11.4. The summed E-state index contributed by atoms with van der Waals surface area (Å²) >= 11 is 1.13. The SMILES string of the molecule is Cc1ccc(OCc2nnc(SC(C)C(=O)NC(=O)NC3CCCCC3)n2N)c(C)c1. The van der Waals surface area contributed by atoms with E-state index in [9.17, 15) is 9.59 Å². The van der Waals surface area contributed by atoms with E-state index in [4.69, 9.17) is 10.6 Å². The number of amides is 3. The molecule has 1 atom stereocenters. The maximum absolute atomic E-state index is 12.4. The molecule has 9 nitrogen and oxygen atoms in total. The summed E-state index contributed by atoms with van der Waals surface area (Å²) in [5.74, 6) is 6.86. The van der Waals surface area contributed by atoms with Crippen LogP contribution >= 0.6 is 11.8 Å². The Bertz CT molecular complexity index is 926. The molecule has 0 spiro atoms. The fourth-order valence-electron chi connectivity index (χ4n) is 3.48. The minimum atomic E-state index is -0.572. The number of rotatable bonds is 7. The van der Waals surface area contributed by atoms with Crippen molar-refractivity contribution in [1.82, 2.24) is 25.5 Å². The Balaban J connectivity index is 1.50. The predicted octanol–water partition coefficient (Wildman–Crippen LogP) is 2.83. The number of urea groups is 1. The number of imide groups is 1. The molecular weight excluding hydrogens is 416 g/mol. The summed E-state index contributed by atoms with van der Waals surface area (Å²) in [6.07, 6.45) is 5.31. The van der Waals surface area contributed by atoms with E-state index in [1.807, 2.05) is 32.0 Å². The summed E-state index contributed by atoms with van der Waals surface area (Å²) in [5, 5.41) is 13.2. The lowest BCUT2D eigenvalue weighted by Crippen LogP contribution is -2.47. The van der Waals surface area contributed by atoms with Crippen LogP contribution in [-0.4, -0.2) is 38.1 Å². The minimum absolute atomic E-state index is 0.136. The van der Waals surface area contributed by atoms with Gasteiger partial charge in [-0.1, -0.05) is 48.7 Å². The van der Waals surface area contributed by atoms with Crippen LogP contribution < -0.4 is 21.2 Å². The fraction of sp³-hybridized carbons (Fsp3) is 0.524. The quantitative estimate of drug-likeness (QED) is 0.441. The number of nitrogens with zero attached hydrogens (tertiary/aromatic N) is 3. The van der Waals surface area contributed by atoms with Crippen molar-refractivity contribution in [3.05, 3.63) is 35.2 Å². The summed E-state index contributed by atoms with van der Waals surface area (Å²) < 4.78 is 7.11. The molecule has 0 aliphatic heterocycles. The van der Waals surface area contributed by atoms with Gasteiger partial charge in [0.15, 0.2) is 5.82 Å². The number of nitrogen functional groups attached to an aromatic ring is 1. The molecule has 0 bridgehead atoms. The van der Waals surface area contributed by atoms with Crippen molar-refractivity contribution in [1.29, 1.82) is 0 Å². The Morgan fingerprint density at radius 3 is 2.71 bits per heavy atom. The van der Waals surface area contributed by atoms with Gasteiger partial charge in [0.1, 0.15) is 12.4 Å². The Hall–Kier alpha value is -2.75. The molecule has 3 rings (SSSR count). The highest BCUT2D eigenvalue weighted by Gasteiger charge is 2.23. The van der Waals surface area contributed by atoms with E-state index in [-0.39, 0.29) is 12.6 Å². The van der Waals surface area contributed by atoms with Gasteiger partial charge in [0.05, 0.1) is 5.25 Å². The molecule has 31 heavy (non-hydrogen) atoms. The second kappa shape index (κ2) is 10.5. The third-order valence-corrected chi connectivity index (χ3v) is 6.31. The van der Waals surface area contributed by atoms with Crippen molar-refractivity contribution in [2.45, 2.75) is 75.9 Å². The van der Waals surface area contributed by atoms with Crippen LogP contribution in [0.2, 0.25) is 0 Å². The van der Waals surface area contributed by atoms with Gasteiger partial charge in [-0.25, -0.2) is 9.47 Å². The fourth-order valence-corrected chi connectivity index (χ4v) is 4.27. The van der Waals surface area contributed by atoms with Crippen LogP contribution in [0.4, 0.5) is 4.79 Å². The van der Waals surface area contributed by atoms with Gasteiger partial charge in [0.25, 0.3) is 0 Å². The zero-order valence-corrected chi connectivity index (χ0v) is 19.0. The topological polar surface area (TPSA) is 124 Å². The number of benzene rings is 1. The van der Waals surface area contributed by atoms with Crippen molar-refractivity contribution in [2.24, 2.45) is 0 Å². The lowest BCUT2D eigenvalue weighted by Gasteiger charge is -2.22. The molecule has 1 aliphatic carbocycles. The highest BCUT2D eigenvalue weighted by molar-refractivity contribution is 8.00. The Labute approximate surface area is 186 Å². The molecule has 1 fully saturated rings. The van der Waals surface area contributed by atoms with Crippen molar-refractivity contribution in [2.75, 3.05) is 5.84 Å². The Morgan fingerprint density at radius 2 is 2.00 bits per heavy atom. The van der Waals surface area contributed by atoms with Gasteiger partial charge in [-0.15, -0.1) is 10.2 Å². The van der Waals surface area contributed by atoms with Gasteiger partial charge < -0.3 is 15.9 Å². The summed E-state index contributed by atoms with van der Waals surface area (Å²) in [4.78, 5) is 24.5. The summed E-state index contributed by atoms with van der Waals surface area (Å²) in [6.45, 7) is 5.84. The smallest absolute Gasteiger partial charge is 0.321 e. The molecule has 1 heterocycles. The zero-order valence-electron chi connectivity index (χ0n) is 18.2. The first kappa shape index (κ1) is 22.9. The van der Waals surface area contributed by atoms with Gasteiger partial charge >= 0.3 is 6.03 Å². The maximum Gasteiger partial charge on any atom is 0.321 e. The van der Waals surface area contributed by atoms with Crippen LogP contribution in [0.1, 0.15) is 56.0 Å². The highest BCUT2D eigenvalue weighted by Crippen LogP contribution is 2.23. The summed E-state index contributed by atoms with van der Waals surface area (Å²) in [6, 6.07) is 5.59. The van der Waals surface area contributed by atoms with Crippen molar-refractivity contribution in [3.63, 3.8) is 0 Å². The van der Waals surface area contributed by atoms with Crippen LogP contribution in [0.15, 0.2) is 23.4 Å². The number of ether oxygens (including phenoxy) is 1. The molecule has 1 aromatic carbocycles. The van der Waals surface area contributed by atoms with Gasteiger partial charge in [-0.05, 0) is 45.2 Å². The third-order valence-electron chi connectivity index (χ3n) is 5.25. The second-order valence-corrected chi connectivity index (χ2v) is 9.19. The molecule has 10 heteroatoms. The number of hydrogen-bond donors (Lipinski definition) is 3. The Morgan fingerprint density at radius 1 is 1.26 bits per heavy atom. The first-order valence-electron chi connectivity index (χ1n) is 10.5. The summed E-state index contributed by atoms with van der Waals surface area (Å²) in [5.41, 5.74) is 2.18. The van der Waals surface area contributed by atoms with Gasteiger partial charge in [0, 0.05) is 6.04 Å². The lowest BCUT2D eigenvalue weighted by molar-refractivity contribution is -0.119. The number of carbonyl (C=O) groups is 2. The highest BCUT2D eigenvalue weighted by atomic mass is 32.2. The van der Waals surface area contributed by atoms with E-state index in [2.05, 4.69) is 20.8 Å². The monoisotopic (exact) mass is 446 g/mol. The number of aryl methyl sites for hydroxylation is 2. The van der Waals surface area contributed by atoms with Crippen LogP contribution in [0.3, 0.4) is 0 Å². The largest absolute Gasteiger partial charge is 0.485 e. The molecule has 1 saturated carbocycles. The van der Waals surface area contributed by atoms with E-state index in [0.29, 0.717) is 11.0 Å². The molecule has 1 aromatic heterocycles. The van der Waals surface area contributed by atoms with Crippen molar-refractivity contribution in [3.8, 4) is 5.75 Å². The second-order valence-electron chi connectivity index (χ2n) is 7.88.